The molecule has 1 aromatic rings. The molecule has 1 aliphatic heterocycles. The maximum Gasteiger partial charge on any atom is 0.317 e. The van der Waals surface area contributed by atoms with Crippen LogP contribution in [0, 0.1) is 11.7 Å². The summed E-state index contributed by atoms with van der Waals surface area (Å²) in [5.74, 6) is 0.294. The molecule has 3 rings (SSSR count). The predicted molar refractivity (Wildman–Crippen MR) is 76.0 cm³/mol. The monoisotopic (exact) mass is 276 g/mol. The maximum absolute atomic E-state index is 12.9. The number of nitrogens with one attached hydrogen (secondary N) is 1. The fourth-order valence-corrected chi connectivity index (χ4v) is 2.86. The van der Waals surface area contributed by atoms with Crippen molar-refractivity contribution < 1.29 is 9.18 Å². The Morgan fingerprint density at radius 3 is 2.70 bits per heavy atom. The summed E-state index contributed by atoms with van der Waals surface area (Å²) >= 11 is 0. The summed E-state index contributed by atoms with van der Waals surface area (Å²) in [6.45, 7) is 1.68. The minimum Gasteiger partial charge on any atom is -0.335 e. The zero-order valence-corrected chi connectivity index (χ0v) is 11.6. The van der Waals surface area contributed by atoms with Crippen LogP contribution in [0.4, 0.5) is 9.18 Å². The molecule has 0 unspecified atom stereocenters. The molecule has 1 N–H and O–H groups in total. The van der Waals surface area contributed by atoms with E-state index in [4.69, 9.17) is 0 Å². The number of carbonyl (C=O) groups is 1. The van der Waals surface area contributed by atoms with Crippen LogP contribution in [-0.4, -0.2) is 30.1 Å². The number of likely N-dealkylation sites (tertiary alicyclic amines) is 1. The summed E-state index contributed by atoms with van der Waals surface area (Å²) in [7, 11) is 0. The molecular weight excluding hydrogens is 255 g/mol. The van der Waals surface area contributed by atoms with E-state index in [0.717, 1.165) is 50.8 Å². The summed E-state index contributed by atoms with van der Waals surface area (Å²) in [6.07, 6.45) is 5.37. The molecule has 0 bridgehead atoms. The number of piperidine rings is 1. The van der Waals surface area contributed by atoms with Crippen LogP contribution in [-0.2, 0) is 6.42 Å². The number of halogens is 1. The molecule has 1 atom stereocenters. The van der Waals surface area contributed by atoms with Crippen LogP contribution in [0.5, 0.6) is 0 Å². The van der Waals surface area contributed by atoms with Gasteiger partial charge in [0.05, 0.1) is 0 Å². The van der Waals surface area contributed by atoms with E-state index in [1.807, 2.05) is 17.0 Å². The average molecular weight is 276 g/mol. The Morgan fingerprint density at radius 2 is 2.00 bits per heavy atom. The molecule has 1 saturated heterocycles. The number of urea groups is 1. The van der Waals surface area contributed by atoms with Crippen molar-refractivity contribution in [1.82, 2.24) is 10.2 Å². The molecule has 4 heteroatoms. The van der Waals surface area contributed by atoms with Gasteiger partial charge in [0.1, 0.15) is 5.82 Å². The quantitative estimate of drug-likeness (QED) is 0.904. The van der Waals surface area contributed by atoms with Gasteiger partial charge >= 0.3 is 6.03 Å². The minimum atomic E-state index is -0.192. The lowest BCUT2D eigenvalue weighted by Crippen LogP contribution is -2.46. The van der Waals surface area contributed by atoms with Crippen molar-refractivity contribution in [2.75, 3.05) is 13.1 Å². The normalized spacial score (nSPS) is 22.6. The van der Waals surface area contributed by atoms with Crippen LogP contribution in [0.1, 0.15) is 31.2 Å². The number of carbonyl (C=O) groups excluding carboxylic acids is 1. The largest absolute Gasteiger partial charge is 0.335 e. The highest BCUT2D eigenvalue weighted by molar-refractivity contribution is 5.75. The van der Waals surface area contributed by atoms with Gasteiger partial charge in [-0.25, -0.2) is 9.18 Å². The third kappa shape index (κ3) is 3.50. The van der Waals surface area contributed by atoms with E-state index in [-0.39, 0.29) is 11.8 Å². The van der Waals surface area contributed by atoms with Crippen molar-refractivity contribution in [1.29, 1.82) is 0 Å². The second-order valence-electron chi connectivity index (χ2n) is 6.01. The average Bonchev–Trinajstić information content (AvgIpc) is 3.26. The number of rotatable bonds is 3. The van der Waals surface area contributed by atoms with Gasteiger partial charge in [0.15, 0.2) is 0 Å². The van der Waals surface area contributed by atoms with Crippen molar-refractivity contribution in [3.63, 3.8) is 0 Å². The Kier molecular flexibility index (Phi) is 3.90. The van der Waals surface area contributed by atoms with E-state index >= 15 is 0 Å². The number of amides is 2. The van der Waals surface area contributed by atoms with E-state index in [1.165, 1.54) is 12.1 Å². The predicted octanol–water partition coefficient (Wildman–Crippen LogP) is 2.95. The maximum atomic E-state index is 12.9. The fourth-order valence-electron chi connectivity index (χ4n) is 2.86. The highest BCUT2D eigenvalue weighted by Gasteiger charge is 2.28. The van der Waals surface area contributed by atoms with Gasteiger partial charge in [-0.05, 0) is 55.7 Å². The number of hydrogen-bond donors (Lipinski definition) is 1. The van der Waals surface area contributed by atoms with Crippen LogP contribution in [0.25, 0.3) is 0 Å². The molecular formula is C16H21FN2O. The lowest BCUT2D eigenvalue weighted by atomic mass is 9.91. The van der Waals surface area contributed by atoms with Crippen molar-refractivity contribution in [3.8, 4) is 0 Å². The molecule has 1 saturated carbocycles. The summed E-state index contributed by atoms with van der Waals surface area (Å²) in [5, 5.41) is 3.05. The summed E-state index contributed by atoms with van der Waals surface area (Å²) < 4.78 is 12.9. The van der Waals surface area contributed by atoms with Gasteiger partial charge in [0.25, 0.3) is 0 Å². The highest BCUT2D eigenvalue weighted by Crippen LogP contribution is 2.23. The molecule has 1 aromatic carbocycles. The molecule has 108 valence electrons. The van der Waals surface area contributed by atoms with Gasteiger partial charge < -0.3 is 10.2 Å². The Morgan fingerprint density at radius 1 is 1.25 bits per heavy atom. The van der Waals surface area contributed by atoms with Gasteiger partial charge in [-0.1, -0.05) is 12.1 Å². The zero-order valence-electron chi connectivity index (χ0n) is 11.6. The molecule has 3 nitrogen and oxygen atoms in total. The first kappa shape index (κ1) is 13.4. The van der Waals surface area contributed by atoms with Crippen molar-refractivity contribution in [3.05, 3.63) is 35.6 Å². The lowest BCUT2D eigenvalue weighted by molar-refractivity contribution is 0.165. The second-order valence-corrected chi connectivity index (χ2v) is 6.01. The van der Waals surface area contributed by atoms with Gasteiger partial charge in [0, 0.05) is 19.1 Å². The third-order valence-corrected chi connectivity index (χ3v) is 4.15. The smallest absolute Gasteiger partial charge is 0.317 e. The van der Waals surface area contributed by atoms with Crippen LogP contribution >= 0.6 is 0 Å². The molecule has 0 aromatic heterocycles. The SMILES string of the molecule is O=C(NC1CC1)N1CCC[C@@H](Cc2ccc(F)cc2)C1. The molecule has 2 fully saturated rings. The molecule has 2 amide bonds. The molecule has 2 aliphatic rings. The summed E-state index contributed by atoms with van der Waals surface area (Å²) in [4.78, 5) is 14.0. The number of nitrogens with zero attached hydrogens (tertiary/aromatic N) is 1. The van der Waals surface area contributed by atoms with Crippen LogP contribution in [0.2, 0.25) is 0 Å². The first-order valence-corrected chi connectivity index (χ1v) is 7.50. The first-order valence-electron chi connectivity index (χ1n) is 7.50. The Hall–Kier alpha value is -1.58. The van der Waals surface area contributed by atoms with Crippen molar-refractivity contribution in [2.24, 2.45) is 5.92 Å². The van der Waals surface area contributed by atoms with Crippen LogP contribution in [0.15, 0.2) is 24.3 Å². The Bertz CT molecular complexity index is 470. The Balaban J connectivity index is 1.54. The van der Waals surface area contributed by atoms with Crippen molar-refractivity contribution >= 4 is 6.03 Å². The molecule has 0 spiro atoms. The van der Waals surface area contributed by atoms with Crippen LogP contribution < -0.4 is 5.32 Å². The number of benzene rings is 1. The standard InChI is InChI=1S/C16H21FN2O/c17-14-5-3-12(4-6-14)10-13-2-1-9-19(11-13)16(20)18-15-7-8-15/h3-6,13,15H,1-2,7-11H2,(H,18,20)/t13-/m0/s1. The topological polar surface area (TPSA) is 32.3 Å². The molecule has 0 radical (unpaired) electrons. The zero-order chi connectivity index (χ0) is 13.9. The Labute approximate surface area is 119 Å². The van der Waals surface area contributed by atoms with Crippen molar-refractivity contribution in [2.45, 2.75) is 38.1 Å². The summed E-state index contributed by atoms with van der Waals surface area (Å²) in [6, 6.07) is 7.22. The van der Waals surface area contributed by atoms with Gasteiger partial charge in [-0.3, -0.25) is 0 Å². The van der Waals surface area contributed by atoms with E-state index in [9.17, 15) is 9.18 Å². The molecule has 1 heterocycles. The van der Waals surface area contributed by atoms with E-state index in [2.05, 4.69) is 5.32 Å². The van der Waals surface area contributed by atoms with Gasteiger partial charge in [0.2, 0.25) is 0 Å². The fraction of sp³-hybridized carbons (Fsp3) is 0.562. The van der Waals surface area contributed by atoms with E-state index < -0.39 is 0 Å². The first-order chi connectivity index (χ1) is 9.70. The van der Waals surface area contributed by atoms with Gasteiger partial charge in [-0.15, -0.1) is 0 Å². The van der Waals surface area contributed by atoms with Crippen LogP contribution in [0.3, 0.4) is 0 Å². The lowest BCUT2D eigenvalue weighted by Gasteiger charge is -2.33. The molecule has 20 heavy (non-hydrogen) atoms. The number of hydrogen-bond acceptors (Lipinski definition) is 1. The third-order valence-electron chi connectivity index (χ3n) is 4.15. The molecule has 1 aliphatic carbocycles. The van der Waals surface area contributed by atoms with E-state index in [0.29, 0.717) is 12.0 Å². The van der Waals surface area contributed by atoms with Gasteiger partial charge in [-0.2, -0.15) is 0 Å². The highest BCUT2D eigenvalue weighted by atomic mass is 19.1. The second kappa shape index (κ2) is 5.81. The summed E-state index contributed by atoms with van der Waals surface area (Å²) in [5.41, 5.74) is 1.15. The minimum absolute atomic E-state index is 0.0938. The van der Waals surface area contributed by atoms with E-state index in [1.54, 1.807) is 0 Å².